The lowest BCUT2D eigenvalue weighted by atomic mass is 9.84. The molecule has 2 fully saturated rings. The molecule has 0 amide bonds. The van der Waals surface area contributed by atoms with Gasteiger partial charge in [-0.1, -0.05) is 30.3 Å². The molecule has 1 aromatic carbocycles. The number of hydrogen-bond donors (Lipinski definition) is 1. The summed E-state index contributed by atoms with van der Waals surface area (Å²) in [6, 6.07) is 12.2. The van der Waals surface area contributed by atoms with E-state index in [4.69, 9.17) is 4.74 Å². The Morgan fingerprint density at radius 3 is 2.51 bits per heavy atom. The van der Waals surface area contributed by atoms with Gasteiger partial charge in [-0.3, -0.25) is 4.79 Å². The van der Waals surface area contributed by atoms with Gasteiger partial charge in [-0.15, -0.1) is 11.3 Å². The number of hydrogen-bond acceptors (Lipinski definition) is 5. The first-order valence-electron chi connectivity index (χ1n) is 13.0. The van der Waals surface area contributed by atoms with E-state index in [2.05, 4.69) is 36.4 Å². The van der Waals surface area contributed by atoms with Crippen LogP contribution in [0.5, 0.6) is 0 Å². The minimum absolute atomic E-state index is 0.0629. The minimum Gasteiger partial charge on any atom is -0.454 e. The lowest BCUT2D eigenvalue weighted by Crippen LogP contribution is -2.14. The number of aliphatic hydroxyl groups is 1. The monoisotopic (exact) mass is 488 g/mol. The van der Waals surface area contributed by atoms with Crippen LogP contribution in [0.25, 0.3) is 0 Å². The summed E-state index contributed by atoms with van der Waals surface area (Å²) in [6.07, 6.45) is 10.5. The number of carbonyl (C=O) groups is 2. The second-order valence-electron chi connectivity index (χ2n) is 10.7. The molecular formula is C30H32O4S. The van der Waals surface area contributed by atoms with Crippen LogP contribution in [0.4, 0.5) is 0 Å². The van der Waals surface area contributed by atoms with Gasteiger partial charge in [-0.2, -0.15) is 0 Å². The molecule has 4 bridgehead atoms. The Morgan fingerprint density at radius 2 is 1.71 bits per heavy atom. The molecule has 3 unspecified atom stereocenters. The topological polar surface area (TPSA) is 63.6 Å². The Bertz CT molecular complexity index is 1220. The number of thiophene rings is 1. The van der Waals surface area contributed by atoms with Crippen molar-refractivity contribution in [2.45, 2.75) is 76.4 Å². The van der Waals surface area contributed by atoms with Crippen LogP contribution in [0.3, 0.4) is 0 Å². The van der Waals surface area contributed by atoms with Crippen molar-refractivity contribution in [3.8, 4) is 0 Å². The summed E-state index contributed by atoms with van der Waals surface area (Å²) in [6.45, 7) is 1.92. The molecule has 0 radical (unpaired) electrons. The van der Waals surface area contributed by atoms with E-state index in [1.54, 1.807) is 0 Å². The third-order valence-corrected chi connectivity index (χ3v) is 9.52. The van der Waals surface area contributed by atoms with Crippen molar-refractivity contribution in [1.29, 1.82) is 0 Å². The molecule has 1 spiro atoms. The highest BCUT2D eigenvalue weighted by atomic mass is 32.1. The maximum absolute atomic E-state index is 12.7. The van der Waals surface area contributed by atoms with Gasteiger partial charge in [0.25, 0.3) is 0 Å². The SMILES string of the molecule is CC1C=C2C3=CC23CCCC(O)c2ccc(cc2)[C@H]2CCC(=O)[C@@H]2CCCc2ccc(s2)C(=O)O1. The standard InChI is InChI=1S/C30H32O4S/c1-18-16-24-25-17-30(24,25)15-3-6-26(31)20-9-7-19(8-10-20)22-12-13-27(32)23(22)5-2-4-21-11-14-28(35-21)29(33)34-18/h7-11,14,16-18,22-23,26,31H,2-6,12-13,15H2,1H3/t18?,22-,23-,26?,30?/m1/s1. The second kappa shape index (κ2) is 8.86. The molecule has 5 heteroatoms. The van der Waals surface area contributed by atoms with Crippen molar-refractivity contribution in [1.82, 2.24) is 0 Å². The second-order valence-corrected chi connectivity index (χ2v) is 11.8. The van der Waals surface area contributed by atoms with E-state index in [-0.39, 0.29) is 29.3 Å². The summed E-state index contributed by atoms with van der Waals surface area (Å²) in [5, 5.41) is 10.8. The summed E-state index contributed by atoms with van der Waals surface area (Å²) in [7, 11) is 0. The summed E-state index contributed by atoms with van der Waals surface area (Å²) >= 11 is 1.51. The van der Waals surface area contributed by atoms with E-state index in [0.29, 0.717) is 17.1 Å². The predicted octanol–water partition coefficient (Wildman–Crippen LogP) is 6.46. The van der Waals surface area contributed by atoms with Gasteiger partial charge >= 0.3 is 5.97 Å². The quantitative estimate of drug-likeness (QED) is 0.432. The average Bonchev–Trinajstić information content (AvgIpc) is 3.53. The molecule has 0 saturated heterocycles. The lowest BCUT2D eigenvalue weighted by Gasteiger charge is -2.20. The number of fused-ring (bicyclic) bond motifs is 10. The lowest BCUT2D eigenvalue weighted by molar-refractivity contribution is -0.121. The molecule has 1 aromatic heterocycles. The zero-order valence-corrected chi connectivity index (χ0v) is 21.0. The van der Waals surface area contributed by atoms with Crippen LogP contribution in [-0.2, 0) is 16.0 Å². The molecule has 3 aliphatic carbocycles. The molecule has 7 rings (SSSR count). The van der Waals surface area contributed by atoms with Crippen LogP contribution in [0, 0.1) is 11.3 Å². The first kappa shape index (κ1) is 22.9. The zero-order valence-electron chi connectivity index (χ0n) is 20.2. The highest BCUT2D eigenvalue weighted by Crippen LogP contribution is 2.75. The first-order valence-corrected chi connectivity index (χ1v) is 13.8. The number of allylic oxidation sites excluding steroid dienone is 3. The minimum atomic E-state index is -0.470. The summed E-state index contributed by atoms with van der Waals surface area (Å²) in [5.41, 5.74) is 4.98. The van der Waals surface area contributed by atoms with Crippen molar-refractivity contribution < 1.29 is 19.4 Å². The van der Waals surface area contributed by atoms with E-state index < -0.39 is 6.10 Å². The van der Waals surface area contributed by atoms with Gasteiger partial charge in [-0.05, 0) is 98.3 Å². The number of aliphatic hydroxyl groups excluding tert-OH is 1. The molecule has 1 N–H and O–H groups in total. The van der Waals surface area contributed by atoms with Crippen LogP contribution in [0.2, 0.25) is 0 Å². The van der Waals surface area contributed by atoms with Gasteiger partial charge in [-0.25, -0.2) is 4.79 Å². The number of esters is 1. The fourth-order valence-electron chi connectivity index (χ4n) is 6.24. The van der Waals surface area contributed by atoms with Crippen LogP contribution in [0.15, 0.2) is 59.7 Å². The maximum Gasteiger partial charge on any atom is 0.348 e. The summed E-state index contributed by atoms with van der Waals surface area (Å²) in [4.78, 5) is 27.1. The first-order chi connectivity index (χ1) is 16.9. The number of ether oxygens (including phenoxy) is 1. The van der Waals surface area contributed by atoms with Crippen molar-refractivity contribution >= 4 is 23.1 Å². The molecule has 182 valence electrons. The van der Waals surface area contributed by atoms with Crippen LogP contribution in [-0.4, -0.2) is 23.0 Å². The van der Waals surface area contributed by atoms with E-state index in [9.17, 15) is 14.7 Å². The largest absolute Gasteiger partial charge is 0.454 e. The van der Waals surface area contributed by atoms with Gasteiger partial charge in [0.15, 0.2) is 0 Å². The zero-order chi connectivity index (χ0) is 24.2. The number of benzene rings is 1. The van der Waals surface area contributed by atoms with Gasteiger partial charge in [0.05, 0.1) is 6.10 Å². The number of rotatable bonds is 0. The Hall–Kier alpha value is -2.50. The van der Waals surface area contributed by atoms with Gasteiger partial charge < -0.3 is 9.84 Å². The highest BCUT2D eigenvalue weighted by Gasteiger charge is 2.64. The van der Waals surface area contributed by atoms with Crippen LogP contribution >= 0.6 is 11.3 Å². The molecular weight excluding hydrogens is 456 g/mol. The van der Waals surface area contributed by atoms with E-state index in [1.807, 2.05) is 19.1 Å². The van der Waals surface area contributed by atoms with Crippen molar-refractivity contribution in [2.75, 3.05) is 0 Å². The Kier molecular flexibility index (Phi) is 5.81. The Morgan fingerprint density at radius 1 is 0.914 bits per heavy atom. The fraction of sp³-hybridized carbons (Fsp3) is 0.467. The Balaban J connectivity index is 1.22. The molecule has 3 heterocycles. The number of Topliss-reactive ketones (excluding diaryl/α,β-unsaturated/α-hetero) is 1. The third-order valence-electron chi connectivity index (χ3n) is 8.39. The fourth-order valence-corrected chi connectivity index (χ4v) is 7.17. The molecule has 2 saturated carbocycles. The summed E-state index contributed by atoms with van der Waals surface area (Å²) in [5.74, 6) is 0.438. The van der Waals surface area contributed by atoms with Crippen molar-refractivity contribution in [3.63, 3.8) is 0 Å². The molecule has 2 aliphatic heterocycles. The van der Waals surface area contributed by atoms with Crippen LogP contribution in [0.1, 0.15) is 89.6 Å². The molecule has 4 nitrogen and oxygen atoms in total. The molecule has 35 heavy (non-hydrogen) atoms. The maximum atomic E-state index is 12.7. The van der Waals surface area contributed by atoms with E-state index in [1.165, 1.54) is 28.0 Å². The van der Waals surface area contributed by atoms with Crippen molar-refractivity contribution in [2.24, 2.45) is 11.3 Å². The van der Waals surface area contributed by atoms with Gasteiger partial charge in [0.1, 0.15) is 16.8 Å². The third kappa shape index (κ3) is 4.34. The molecule has 5 atom stereocenters. The number of ketones is 1. The Labute approximate surface area is 210 Å². The smallest absolute Gasteiger partial charge is 0.348 e. The molecule has 5 aliphatic rings. The number of aryl methyl sites for hydroxylation is 1. The number of carbonyl (C=O) groups excluding carboxylic acids is 2. The predicted molar refractivity (Wildman–Crippen MR) is 136 cm³/mol. The summed E-state index contributed by atoms with van der Waals surface area (Å²) < 4.78 is 5.71. The van der Waals surface area contributed by atoms with Gasteiger partial charge in [0.2, 0.25) is 0 Å². The van der Waals surface area contributed by atoms with Gasteiger partial charge in [0, 0.05) is 22.6 Å². The van der Waals surface area contributed by atoms with Crippen molar-refractivity contribution in [3.05, 3.63) is 80.6 Å². The average molecular weight is 489 g/mol. The van der Waals surface area contributed by atoms with Crippen LogP contribution < -0.4 is 0 Å². The van der Waals surface area contributed by atoms with E-state index >= 15 is 0 Å². The molecule has 2 aromatic rings. The normalized spacial score (nSPS) is 32.7. The highest BCUT2D eigenvalue weighted by molar-refractivity contribution is 7.13. The van der Waals surface area contributed by atoms with E-state index in [0.717, 1.165) is 55.4 Å².